The molecule has 2 atom stereocenters. The van der Waals surface area contributed by atoms with E-state index in [4.69, 9.17) is 5.73 Å². The van der Waals surface area contributed by atoms with Gasteiger partial charge in [0.1, 0.15) is 0 Å². The average Bonchev–Trinajstić information content (AvgIpc) is 2.27. The molecule has 1 aliphatic carbocycles. The van der Waals surface area contributed by atoms with E-state index in [2.05, 4.69) is 31.2 Å². The van der Waals surface area contributed by atoms with E-state index in [0.717, 1.165) is 6.42 Å². The zero-order chi connectivity index (χ0) is 9.97. The molecule has 1 nitrogen and oxygen atoms in total. The van der Waals surface area contributed by atoms with E-state index >= 15 is 0 Å². The normalized spacial score (nSPS) is 22.9. The second-order valence-electron chi connectivity index (χ2n) is 4.34. The first-order chi connectivity index (χ1) is 6.81. The Labute approximate surface area is 86.3 Å². The maximum Gasteiger partial charge on any atom is 0.00678 e. The van der Waals surface area contributed by atoms with Gasteiger partial charge in [0.25, 0.3) is 0 Å². The molecular weight excluding hydrogens is 170 g/mol. The minimum Gasteiger partial charge on any atom is -0.327 e. The number of benzene rings is 1. The van der Waals surface area contributed by atoms with Crippen molar-refractivity contribution in [3.05, 3.63) is 35.4 Å². The monoisotopic (exact) mass is 189 g/mol. The van der Waals surface area contributed by atoms with Crippen molar-refractivity contribution >= 4 is 0 Å². The Hall–Kier alpha value is -0.820. The third kappa shape index (κ3) is 1.83. The van der Waals surface area contributed by atoms with E-state index in [0.29, 0.717) is 12.0 Å². The Bertz CT molecular complexity index is 306. The number of aryl methyl sites for hydroxylation is 1. The van der Waals surface area contributed by atoms with Gasteiger partial charge >= 0.3 is 0 Å². The third-order valence-corrected chi connectivity index (χ3v) is 3.46. The van der Waals surface area contributed by atoms with Crippen molar-refractivity contribution in [1.29, 1.82) is 0 Å². The van der Waals surface area contributed by atoms with Crippen molar-refractivity contribution in [2.45, 2.75) is 38.6 Å². The van der Waals surface area contributed by atoms with Crippen molar-refractivity contribution in [3.63, 3.8) is 0 Å². The molecule has 1 aliphatic rings. The van der Waals surface area contributed by atoms with Crippen molar-refractivity contribution < 1.29 is 0 Å². The van der Waals surface area contributed by atoms with Crippen LogP contribution in [0.4, 0.5) is 0 Å². The van der Waals surface area contributed by atoms with Crippen molar-refractivity contribution in [2.24, 2.45) is 11.7 Å². The van der Waals surface area contributed by atoms with Gasteiger partial charge in [-0.3, -0.25) is 0 Å². The smallest absolute Gasteiger partial charge is 0.00678 e. The molecule has 0 aromatic heterocycles. The number of rotatable bonds is 2. The van der Waals surface area contributed by atoms with Gasteiger partial charge in [0.05, 0.1) is 0 Å². The first-order valence-electron chi connectivity index (χ1n) is 5.63. The fourth-order valence-electron chi connectivity index (χ4n) is 2.42. The molecular formula is C13H19N. The standard InChI is InChI=1S/C13H19N/c1-2-13(14)12-8-7-10-5-3-4-6-11(10)9-12/h3-6,12-13H,2,7-9,14H2,1H3. The fourth-order valence-corrected chi connectivity index (χ4v) is 2.42. The van der Waals surface area contributed by atoms with E-state index in [1.807, 2.05) is 0 Å². The van der Waals surface area contributed by atoms with Gasteiger partial charge in [0, 0.05) is 6.04 Å². The van der Waals surface area contributed by atoms with E-state index in [-0.39, 0.29) is 0 Å². The lowest BCUT2D eigenvalue weighted by atomic mass is 9.80. The Morgan fingerprint density at radius 1 is 1.36 bits per heavy atom. The van der Waals surface area contributed by atoms with Crippen LogP contribution in [0.25, 0.3) is 0 Å². The minimum absolute atomic E-state index is 0.392. The summed E-state index contributed by atoms with van der Waals surface area (Å²) in [5.74, 6) is 0.704. The summed E-state index contributed by atoms with van der Waals surface area (Å²) >= 11 is 0. The lowest BCUT2D eigenvalue weighted by Crippen LogP contribution is -2.33. The van der Waals surface area contributed by atoms with Crippen LogP contribution in [-0.4, -0.2) is 6.04 Å². The van der Waals surface area contributed by atoms with Crippen molar-refractivity contribution in [2.75, 3.05) is 0 Å². The summed E-state index contributed by atoms with van der Waals surface area (Å²) in [4.78, 5) is 0. The average molecular weight is 189 g/mol. The summed E-state index contributed by atoms with van der Waals surface area (Å²) in [5.41, 5.74) is 9.16. The molecule has 0 radical (unpaired) electrons. The van der Waals surface area contributed by atoms with Gasteiger partial charge < -0.3 is 5.73 Å². The van der Waals surface area contributed by atoms with Crippen LogP contribution in [0.2, 0.25) is 0 Å². The highest BCUT2D eigenvalue weighted by Gasteiger charge is 2.22. The number of hydrogen-bond acceptors (Lipinski definition) is 1. The van der Waals surface area contributed by atoms with Crippen LogP contribution in [0.3, 0.4) is 0 Å². The van der Waals surface area contributed by atoms with Gasteiger partial charge in [-0.05, 0) is 42.7 Å². The van der Waals surface area contributed by atoms with Crippen LogP contribution >= 0.6 is 0 Å². The molecule has 0 amide bonds. The van der Waals surface area contributed by atoms with Crippen LogP contribution in [0.15, 0.2) is 24.3 Å². The van der Waals surface area contributed by atoms with E-state index in [1.54, 1.807) is 0 Å². The van der Waals surface area contributed by atoms with E-state index in [1.165, 1.54) is 30.4 Å². The zero-order valence-electron chi connectivity index (χ0n) is 8.87. The first kappa shape index (κ1) is 9.72. The number of fused-ring (bicyclic) bond motifs is 1. The van der Waals surface area contributed by atoms with Gasteiger partial charge in [0.15, 0.2) is 0 Å². The van der Waals surface area contributed by atoms with Gasteiger partial charge in [-0.1, -0.05) is 31.2 Å². The summed E-state index contributed by atoms with van der Waals surface area (Å²) in [5, 5.41) is 0. The van der Waals surface area contributed by atoms with Gasteiger partial charge in [-0.15, -0.1) is 0 Å². The molecule has 14 heavy (non-hydrogen) atoms. The lowest BCUT2D eigenvalue weighted by molar-refractivity contribution is 0.367. The highest BCUT2D eigenvalue weighted by molar-refractivity contribution is 5.29. The highest BCUT2D eigenvalue weighted by atomic mass is 14.6. The molecule has 0 fully saturated rings. The Kier molecular flexibility index (Phi) is 2.87. The molecule has 0 bridgehead atoms. The molecule has 76 valence electrons. The third-order valence-electron chi connectivity index (χ3n) is 3.46. The SMILES string of the molecule is CCC(N)C1CCc2ccccc2C1. The minimum atomic E-state index is 0.392. The van der Waals surface area contributed by atoms with Crippen molar-refractivity contribution in [3.8, 4) is 0 Å². The predicted molar refractivity (Wildman–Crippen MR) is 60.2 cm³/mol. The van der Waals surface area contributed by atoms with Crippen LogP contribution in [0, 0.1) is 5.92 Å². The Morgan fingerprint density at radius 2 is 2.07 bits per heavy atom. The summed E-state index contributed by atoms with van der Waals surface area (Å²) in [6.07, 6.45) is 4.78. The number of nitrogens with two attached hydrogens (primary N) is 1. The van der Waals surface area contributed by atoms with E-state index < -0.39 is 0 Å². The maximum atomic E-state index is 6.10. The molecule has 0 spiro atoms. The molecule has 1 aromatic rings. The quantitative estimate of drug-likeness (QED) is 0.760. The first-order valence-corrected chi connectivity index (χ1v) is 5.63. The van der Waals surface area contributed by atoms with Crippen LogP contribution in [-0.2, 0) is 12.8 Å². The second-order valence-corrected chi connectivity index (χ2v) is 4.34. The molecule has 1 heteroatoms. The number of hydrogen-bond donors (Lipinski definition) is 1. The lowest BCUT2D eigenvalue weighted by Gasteiger charge is -2.28. The van der Waals surface area contributed by atoms with E-state index in [9.17, 15) is 0 Å². The van der Waals surface area contributed by atoms with Gasteiger partial charge in [-0.2, -0.15) is 0 Å². The zero-order valence-corrected chi connectivity index (χ0v) is 8.87. The fraction of sp³-hybridized carbons (Fsp3) is 0.538. The Morgan fingerprint density at radius 3 is 2.79 bits per heavy atom. The second kappa shape index (κ2) is 4.14. The molecule has 2 rings (SSSR count). The molecule has 2 unspecified atom stereocenters. The van der Waals surface area contributed by atoms with Crippen LogP contribution in [0.5, 0.6) is 0 Å². The topological polar surface area (TPSA) is 26.0 Å². The molecule has 1 aromatic carbocycles. The largest absolute Gasteiger partial charge is 0.327 e. The molecule has 0 heterocycles. The summed E-state index contributed by atoms with van der Waals surface area (Å²) in [6.45, 7) is 2.19. The van der Waals surface area contributed by atoms with Gasteiger partial charge in [-0.25, -0.2) is 0 Å². The summed E-state index contributed by atoms with van der Waals surface area (Å²) < 4.78 is 0. The Balaban J connectivity index is 2.13. The van der Waals surface area contributed by atoms with Crippen molar-refractivity contribution in [1.82, 2.24) is 0 Å². The predicted octanol–water partition coefficient (Wildman–Crippen LogP) is 2.53. The van der Waals surface area contributed by atoms with Crippen LogP contribution in [0.1, 0.15) is 30.9 Å². The van der Waals surface area contributed by atoms with Gasteiger partial charge in [0.2, 0.25) is 0 Å². The summed E-state index contributed by atoms with van der Waals surface area (Å²) in [6, 6.07) is 9.17. The molecule has 0 saturated carbocycles. The maximum absolute atomic E-state index is 6.10. The summed E-state index contributed by atoms with van der Waals surface area (Å²) in [7, 11) is 0. The highest BCUT2D eigenvalue weighted by Crippen LogP contribution is 2.27. The molecule has 2 N–H and O–H groups in total. The molecule has 0 saturated heterocycles. The van der Waals surface area contributed by atoms with Crippen LogP contribution < -0.4 is 5.73 Å². The molecule has 0 aliphatic heterocycles.